The van der Waals surface area contributed by atoms with Crippen molar-refractivity contribution in [2.45, 2.75) is 12.2 Å². The summed E-state index contributed by atoms with van der Waals surface area (Å²) in [5.74, 6) is -4.51. The molecule has 0 heterocycles. The first kappa shape index (κ1) is 13.1. The summed E-state index contributed by atoms with van der Waals surface area (Å²) in [5, 5.41) is 35.7. The molecule has 0 bridgehead atoms. The van der Waals surface area contributed by atoms with Gasteiger partial charge in [0.2, 0.25) is 0 Å². The average molecular weight is 244 g/mol. The van der Waals surface area contributed by atoms with Crippen LogP contribution in [0.15, 0.2) is 18.2 Å². The Bertz CT molecular complexity index is 458. The fourth-order valence-corrected chi connectivity index (χ4v) is 1.32. The van der Waals surface area contributed by atoms with Gasteiger partial charge in [-0.1, -0.05) is 12.1 Å². The lowest BCUT2D eigenvalue weighted by atomic mass is 9.98. The molecule has 0 fully saturated rings. The summed E-state index contributed by atoms with van der Waals surface area (Å²) in [7, 11) is 0. The third kappa shape index (κ3) is 2.58. The van der Waals surface area contributed by atoms with Gasteiger partial charge in [-0.25, -0.2) is 14.0 Å². The molecular formula is C10H9FO6. The molecular weight excluding hydrogens is 235 g/mol. The highest BCUT2D eigenvalue weighted by atomic mass is 19.1. The molecule has 2 atom stereocenters. The largest absolute Gasteiger partial charge is 0.479 e. The number of aromatic carboxylic acids is 1. The molecule has 4 N–H and O–H groups in total. The van der Waals surface area contributed by atoms with Crippen molar-refractivity contribution >= 4 is 11.9 Å². The third-order valence-corrected chi connectivity index (χ3v) is 2.13. The van der Waals surface area contributed by atoms with E-state index in [0.29, 0.717) is 0 Å². The van der Waals surface area contributed by atoms with E-state index in [1.165, 1.54) is 0 Å². The van der Waals surface area contributed by atoms with Gasteiger partial charge >= 0.3 is 11.9 Å². The topological polar surface area (TPSA) is 115 Å². The predicted molar refractivity (Wildman–Crippen MR) is 52.0 cm³/mol. The minimum absolute atomic E-state index is 0.493. The van der Waals surface area contributed by atoms with Crippen LogP contribution in [0, 0.1) is 5.82 Å². The zero-order valence-electron chi connectivity index (χ0n) is 8.37. The van der Waals surface area contributed by atoms with Crippen molar-refractivity contribution in [1.29, 1.82) is 0 Å². The van der Waals surface area contributed by atoms with Gasteiger partial charge in [-0.15, -0.1) is 0 Å². The quantitative estimate of drug-likeness (QED) is 0.592. The summed E-state index contributed by atoms with van der Waals surface area (Å²) < 4.78 is 13.2. The summed E-state index contributed by atoms with van der Waals surface area (Å²) in [6.07, 6.45) is -4.25. The Morgan fingerprint density at radius 2 is 1.76 bits per heavy atom. The lowest BCUT2D eigenvalue weighted by Crippen LogP contribution is -2.29. The first-order valence-electron chi connectivity index (χ1n) is 4.47. The van der Waals surface area contributed by atoms with E-state index in [4.69, 9.17) is 15.3 Å². The molecule has 1 aromatic rings. The molecule has 0 radical (unpaired) electrons. The fraction of sp³-hybridized carbons (Fsp3) is 0.200. The van der Waals surface area contributed by atoms with Crippen LogP contribution < -0.4 is 0 Å². The smallest absolute Gasteiger partial charge is 0.339 e. The van der Waals surface area contributed by atoms with Gasteiger partial charge < -0.3 is 20.4 Å². The van der Waals surface area contributed by atoms with Gasteiger partial charge in [-0.2, -0.15) is 0 Å². The highest BCUT2D eigenvalue weighted by molar-refractivity contribution is 5.90. The van der Waals surface area contributed by atoms with Gasteiger partial charge in [0.15, 0.2) is 6.10 Å². The first-order chi connectivity index (χ1) is 7.86. The van der Waals surface area contributed by atoms with Crippen molar-refractivity contribution in [1.82, 2.24) is 0 Å². The van der Waals surface area contributed by atoms with Gasteiger partial charge in [0.1, 0.15) is 17.5 Å². The van der Waals surface area contributed by atoms with E-state index in [-0.39, 0.29) is 0 Å². The van der Waals surface area contributed by atoms with E-state index in [1.54, 1.807) is 0 Å². The van der Waals surface area contributed by atoms with Crippen LogP contribution in [0.2, 0.25) is 0 Å². The molecule has 0 aliphatic rings. The first-order valence-corrected chi connectivity index (χ1v) is 4.47. The minimum atomic E-state index is -2.23. The molecule has 0 amide bonds. The molecule has 7 heteroatoms. The second-order valence-electron chi connectivity index (χ2n) is 3.24. The molecule has 92 valence electrons. The normalized spacial score (nSPS) is 14.1. The lowest BCUT2D eigenvalue weighted by Gasteiger charge is -2.16. The number of halogens is 1. The van der Waals surface area contributed by atoms with Crippen LogP contribution in [0.1, 0.15) is 22.0 Å². The Morgan fingerprint density at radius 1 is 1.18 bits per heavy atom. The summed E-state index contributed by atoms with van der Waals surface area (Å²) in [4.78, 5) is 21.2. The number of hydrogen-bond acceptors (Lipinski definition) is 4. The summed E-state index contributed by atoms with van der Waals surface area (Å²) >= 11 is 0. The second-order valence-corrected chi connectivity index (χ2v) is 3.24. The van der Waals surface area contributed by atoms with Gasteiger partial charge in [-0.3, -0.25) is 0 Å². The van der Waals surface area contributed by atoms with E-state index in [9.17, 15) is 19.1 Å². The number of benzene rings is 1. The number of rotatable bonds is 4. The Kier molecular flexibility index (Phi) is 3.77. The number of aliphatic hydroxyl groups is 2. The molecule has 0 saturated heterocycles. The molecule has 0 aliphatic carbocycles. The van der Waals surface area contributed by atoms with Crippen molar-refractivity contribution in [2.24, 2.45) is 0 Å². The second kappa shape index (κ2) is 4.89. The Hall–Kier alpha value is -1.99. The molecule has 0 aliphatic heterocycles. The number of aliphatic hydroxyl groups excluding tert-OH is 2. The summed E-state index contributed by atoms with van der Waals surface area (Å²) in [6.45, 7) is 0. The molecule has 2 unspecified atom stereocenters. The van der Waals surface area contributed by atoms with Crippen molar-refractivity contribution < 1.29 is 34.4 Å². The maximum absolute atomic E-state index is 13.2. The fourth-order valence-electron chi connectivity index (χ4n) is 1.32. The summed E-state index contributed by atoms with van der Waals surface area (Å²) in [5.41, 5.74) is -1.35. The SMILES string of the molecule is O=C(O)c1c(F)cccc1C(O)C(O)C(=O)O. The molecule has 17 heavy (non-hydrogen) atoms. The molecule has 1 rings (SSSR count). The van der Waals surface area contributed by atoms with E-state index < -0.39 is 41.1 Å². The predicted octanol–water partition coefficient (Wildman–Crippen LogP) is 0.00280. The van der Waals surface area contributed by atoms with E-state index >= 15 is 0 Å². The van der Waals surface area contributed by atoms with E-state index in [0.717, 1.165) is 18.2 Å². The number of hydrogen-bond donors (Lipinski definition) is 4. The Morgan fingerprint density at radius 3 is 2.24 bits per heavy atom. The van der Waals surface area contributed by atoms with E-state index in [1.807, 2.05) is 0 Å². The lowest BCUT2D eigenvalue weighted by molar-refractivity contribution is -0.153. The standard InChI is InChI=1S/C10H9FO6/c11-5-3-1-2-4(6(5)9(14)15)7(12)8(13)10(16)17/h1-3,7-8,12-13H,(H,14,15)(H,16,17). The Balaban J connectivity index is 3.26. The van der Waals surface area contributed by atoms with Crippen molar-refractivity contribution in [3.8, 4) is 0 Å². The van der Waals surface area contributed by atoms with Crippen LogP contribution in [0.3, 0.4) is 0 Å². The molecule has 0 spiro atoms. The van der Waals surface area contributed by atoms with Gasteiger partial charge in [0, 0.05) is 5.56 Å². The van der Waals surface area contributed by atoms with Gasteiger partial charge in [0.25, 0.3) is 0 Å². The van der Waals surface area contributed by atoms with Crippen molar-refractivity contribution in [3.05, 3.63) is 35.1 Å². The third-order valence-electron chi connectivity index (χ3n) is 2.13. The van der Waals surface area contributed by atoms with Gasteiger partial charge in [0.05, 0.1) is 0 Å². The highest BCUT2D eigenvalue weighted by Crippen LogP contribution is 2.23. The van der Waals surface area contributed by atoms with Crippen LogP contribution >= 0.6 is 0 Å². The van der Waals surface area contributed by atoms with Crippen molar-refractivity contribution in [2.75, 3.05) is 0 Å². The van der Waals surface area contributed by atoms with Crippen LogP contribution in [0.5, 0.6) is 0 Å². The zero-order valence-corrected chi connectivity index (χ0v) is 8.37. The van der Waals surface area contributed by atoms with E-state index in [2.05, 4.69) is 0 Å². The molecule has 0 aromatic heterocycles. The van der Waals surface area contributed by atoms with Gasteiger partial charge in [-0.05, 0) is 6.07 Å². The number of aliphatic carboxylic acids is 1. The number of carboxylic acids is 2. The number of carbonyl (C=O) groups is 2. The van der Waals surface area contributed by atoms with Crippen LogP contribution in [-0.4, -0.2) is 38.5 Å². The van der Waals surface area contributed by atoms with Crippen LogP contribution in [-0.2, 0) is 4.79 Å². The molecule has 6 nitrogen and oxygen atoms in total. The maximum Gasteiger partial charge on any atom is 0.339 e. The van der Waals surface area contributed by atoms with Crippen LogP contribution in [0.25, 0.3) is 0 Å². The number of carboxylic acid groups (broad SMARTS) is 2. The molecule has 0 saturated carbocycles. The van der Waals surface area contributed by atoms with Crippen molar-refractivity contribution in [3.63, 3.8) is 0 Å². The summed E-state index contributed by atoms with van der Waals surface area (Å²) in [6, 6.07) is 2.99. The Labute approximate surface area is 94.6 Å². The highest BCUT2D eigenvalue weighted by Gasteiger charge is 2.30. The monoisotopic (exact) mass is 244 g/mol. The average Bonchev–Trinajstić information content (AvgIpc) is 2.25. The maximum atomic E-state index is 13.2. The zero-order chi connectivity index (χ0) is 13.2. The minimum Gasteiger partial charge on any atom is -0.479 e. The van der Waals surface area contributed by atoms with Crippen LogP contribution in [0.4, 0.5) is 4.39 Å². The molecule has 1 aromatic carbocycles.